The zero-order chi connectivity index (χ0) is 16.9. The Kier molecular flexibility index (Phi) is 6.03. The van der Waals surface area contributed by atoms with E-state index in [9.17, 15) is 18.0 Å². The quantitative estimate of drug-likeness (QED) is 0.575. The van der Waals surface area contributed by atoms with Crippen LogP contribution in [0.4, 0.5) is 0 Å². The molecule has 0 radical (unpaired) electrons. The SMILES string of the molecule is COc1ccc(CC(=O)CC[C@H](N)C(=O)O)cc1S(=O)(=O)O. The second kappa shape index (κ2) is 7.34. The van der Waals surface area contributed by atoms with E-state index in [1.165, 1.54) is 19.2 Å². The average Bonchev–Trinajstić information content (AvgIpc) is 2.43. The lowest BCUT2D eigenvalue weighted by atomic mass is 10.0. The zero-order valence-corrected chi connectivity index (χ0v) is 12.7. The van der Waals surface area contributed by atoms with Gasteiger partial charge >= 0.3 is 5.97 Å². The third-order valence-corrected chi connectivity index (χ3v) is 3.83. The van der Waals surface area contributed by atoms with Crippen LogP contribution in [0.15, 0.2) is 23.1 Å². The number of methoxy groups -OCH3 is 1. The second-order valence-electron chi connectivity index (χ2n) is 4.66. The van der Waals surface area contributed by atoms with Crippen LogP contribution in [0.1, 0.15) is 18.4 Å². The number of rotatable bonds is 8. The Balaban J connectivity index is 2.82. The molecule has 0 bridgehead atoms. The first-order valence-electron chi connectivity index (χ1n) is 6.29. The summed E-state index contributed by atoms with van der Waals surface area (Å²) in [6.07, 6.45) is -0.144. The third-order valence-electron chi connectivity index (χ3n) is 2.96. The molecule has 8 nitrogen and oxygen atoms in total. The predicted molar refractivity (Wildman–Crippen MR) is 76.4 cm³/mol. The van der Waals surface area contributed by atoms with Gasteiger partial charge in [-0.05, 0) is 24.1 Å². The van der Waals surface area contributed by atoms with E-state index in [0.717, 1.165) is 6.07 Å². The lowest BCUT2D eigenvalue weighted by Gasteiger charge is -2.09. The summed E-state index contributed by atoms with van der Waals surface area (Å²) < 4.78 is 36.5. The lowest BCUT2D eigenvalue weighted by molar-refractivity contribution is -0.138. The van der Waals surface area contributed by atoms with Crippen LogP contribution in [0, 0.1) is 0 Å². The van der Waals surface area contributed by atoms with Gasteiger partial charge in [-0.1, -0.05) is 6.07 Å². The molecule has 0 saturated carbocycles. The van der Waals surface area contributed by atoms with Crippen molar-refractivity contribution >= 4 is 21.9 Å². The first-order valence-corrected chi connectivity index (χ1v) is 7.73. The molecular formula is C13H17NO7S. The Morgan fingerprint density at radius 1 is 1.36 bits per heavy atom. The number of ether oxygens (including phenoxy) is 1. The molecule has 0 aromatic heterocycles. The number of carbonyl (C=O) groups is 2. The fraction of sp³-hybridized carbons (Fsp3) is 0.385. The van der Waals surface area contributed by atoms with Crippen LogP contribution in [0.25, 0.3) is 0 Å². The Labute approximate surface area is 127 Å². The molecule has 4 N–H and O–H groups in total. The molecule has 1 aromatic rings. The van der Waals surface area contributed by atoms with Crippen LogP contribution in [0.3, 0.4) is 0 Å². The number of hydrogen-bond acceptors (Lipinski definition) is 6. The standard InChI is InChI=1S/C13H17NO7S/c1-21-11-5-2-8(7-12(11)22(18,19)20)6-9(15)3-4-10(14)13(16)17/h2,5,7,10H,3-4,6,14H2,1H3,(H,16,17)(H,18,19,20)/t10-/m0/s1. The Bertz CT molecular complexity index is 669. The van der Waals surface area contributed by atoms with Crippen molar-refractivity contribution in [1.82, 2.24) is 0 Å². The summed E-state index contributed by atoms with van der Waals surface area (Å²) in [7, 11) is -3.22. The molecule has 1 rings (SSSR count). The summed E-state index contributed by atoms with van der Waals surface area (Å²) in [5, 5.41) is 8.62. The van der Waals surface area contributed by atoms with Crippen LogP contribution in [0.5, 0.6) is 5.75 Å². The van der Waals surface area contributed by atoms with Crippen molar-refractivity contribution in [1.29, 1.82) is 0 Å². The second-order valence-corrected chi connectivity index (χ2v) is 6.05. The highest BCUT2D eigenvalue weighted by molar-refractivity contribution is 7.86. The highest BCUT2D eigenvalue weighted by Gasteiger charge is 2.18. The highest BCUT2D eigenvalue weighted by Crippen LogP contribution is 2.25. The molecule has 0 heterocycles. The van der Waals surface area contributed by atoms with E-state index < -0.39 is 27.0 Å². The van der Waals surface area contributed by atoms with Gasteiger partial charge in [-0.15, -0.1) is 0 Å². The number of nitrogens with two attached hydrogens (primary N) is 1. The van der Waals surface area contributed by atoms with E-state index in [4.69, 9.17) is 20.1 Å². The average molecular weight is 331 g/mol. The van der Waals surface area contributed by atoms with E-state index in [0.29, 0.717) is 5.56 Å². The predicted octanol–water partition coefficient (Wildman–Crippen LogP) is 0.246. The van der Waals surface area contributed by atoms with E-state index in [1.807, 2.05) is 0 Å². The molecule has 1 aromatic carbocycles. The maximum absolute atomic E-state index is 11.8. The highest BCUT2D eigenvalue weighted by atomic mass is 32.2. The molecule has 0 spiro atoms. The molecule has 9 heteroatoms. The number of ketones is 1. The fourth-order valence-corrected chi connectivity index (χ4v) is 2.49. The van der Waals surface area contributed by atoms with Crippen molar-refractivity contribution in [2.75, 3.05) is 7.11 Å². The zero-order valence-electron chi connectivity index (χ0n) is 11.9. The van der Waals surface area contributed by atoms with Gasteiger partial charge in [-0.25, -0.2) is 0 Å². The minimum absolute atomic E-state index is 0.00449. The number of Topliss-reactive ketones (excluding diaryl/α,β-unsaturated/α-hetero) is 1. The van der Waals surface area contributed by atoms with Crippen molar-refractivity contribution in [2.45, 2.75) is 30.2 Å². The largest absolute Gasteiger partial charge is 0.495 e. The van der Waals surface area contributed by atoms with Gasteiger partial charge in [0.1, 0.15) is 22.5 Å². The summed E-state index contributed by atoms with van der Waals surface area (Å²) in [5.41, 5.74) is 5.66. The summed E-state index contributed by atoms with van der Waals surface area (Å²) in [4.78, 5) is 21.9. The topological polar surface area (TPSA) is 144 Å². The van der Waals surface area contributed by atoms with Crippen LogP contribution >= 0.6 is 0 Å². The fourth-order valence-electron chi connectivity index (χ4n) is 1.79. The van der Waals surface area contributed by atoms with Crippen molar-refractivity contribution in [3.63, 3.8) is 0 Å². The molecule has 122 valence electrons. The van der Waals surface area contributed by atoms with Gasteiger partial charge in [0.15, 0.2) is 0 Å². The number of carboxylic acid groups (broad SMARTS) is 1. The lowest BCUT2D eigenvalue weighted by Crippen LogP contribution is -2.30. The monoisotopic (exact) mass is 331 g/mol. The number of carboxylic acids is 1. The molecule has 22 heavy (non-hydrogen) atoms. The first-order chi connectivity index (χ1) is 10.1. The maximum Gasteiger partial charge on any atom is 0.320 e. The van der Waals surface area contributed by atoms with Crippen LogP contribution < -0.4 is 10.5 Å². The van der Waals surface area contributed by atoms with Gasteiger partial charge < -0.3 is 15.6 Å². The maximum atomic E-state index is 11.8. The molecule has 0 fully saturated rings. The van der Waals surface area contributed by atoms with Gasteiger partial charge in [0, 0.05) is 12.8 Å². The van der Waals surface area contributed by atoms with E-state index in [1.54, 1.807) is 0 Å². The van der Waals surface area contributed by atoms with Crippen molar-refractivity contribution in [2.24, 2.45) is 5.73 Å². The molecule has 1 atom stereocenters. The molecule has 0 aliphatic heterocycles. The number of hydrogen-bond donors (Lipinski definition) is 3. The number of carbonyl (C=O) groups excluding carboxylic acids is 1. The molecule has 0 amide bonds. The molecule has 0 saturated heterocycles. The summed E-state index contributed by atoms with van der Waals surface area (Å²) >= 11 is 0. The van der Waals surface area contributed by atoms with Crippen LogP contribution in [-0.4, -0.2) is 43.0 Å². The van der Waals surface area contributed by atoms with Gasteiger partial charge in [0.05, 0.1) is 7.11 Å². The summed E-state index contributed by atoms with van der Waals surface area (Å²) in [6.45, 7) is 0. The minimum Gasteiger partial charge on any atom is -0.495 e. The van der Waals surface area contributed by atoms with E-state index in [-0.39, 0.29) is 30.8 Å². The molecule has 0 unspecified atom stereocenters. The summed E-state index contributed by atoms with van der Waals surface area (Å²) in [5.74, 6) is -1.51. The number of aliphatic carboxylic acids is 1. The van der Waals surface area contributed by atoms with E-state index >= 15 is 0 Å². The van der Waals surface area contributed by atoms with Gasteiger partial charge in [0.25, 0.3) is 10.1 Å². The Morgan fingerprint density at radius 3 is 2.50 bits per heavy atom. The van der Waals surface area contributed by atoms with Gasteiger partial charge in [-0.3, -0.25) is 14.1 Å². The van der Waals surface area contributed by atoms with Crippen LogP contribution in [-0.2, 0) is 26.1 Å². The summed E-state index contributed by atoms with van der Waals surface area (Å²) in [6, 6.07) is 2.84. The van der Waals surface area contributed by atoms with Gasteiger partial charge in [0.2, 0.25) is 0 Å². The Hall–Kier alpha value is -1.97. The normalized spacial score (nSPS) is 12.7. The third kappa shape index (κ3) is 5.10. The molecular weight excluding hydrogens is 314 g/mol. The van der Waals surface area contributed by atoms with Crippen LogP contribution in [0.2, 0.25) is 0 Å². The van der Waals surface area contributed by atoms with Crippen molar-refractivity contribution < 1.29 is 32.4 Å². The molecule has 0 aliphatic rings. The number of benzene rings is 1. The van der Waals surface area contributed by atoms with Crippen molar-refractivity contribution in [3.05, 3.63) is 23.8 Å². The smallest absolute Gasteiger partial charge is 0.320 e. The van der Waals surface area contributed by atoms with E-state index in [2.05, 4.69) is 0 Å². The van der Waals surface area contributed by atoms with Gasteiger partial charge in [-0.2, -0.15) is 8.42 Å². The Morgan fingerprint density at radius 2 is 2.00 bits per heavy atom. The first kappa shape index (κ1) is 18.1. The molecule has 0 aliphatic carbocycles. The minimum atomic E-state index is -4.47. The van der Waals surface area contributed by atoms with Crippen molar-refractivity contribution in [3.8, 4) is 5.75 Å².